The Morgan fingerprint density at radius 1 is 1.32 bits per heavy atom. The van der Waals surface area contributed by atoms with Crippen molar-refractivity contribution < 1.29 is 0 Å². The van der Waals surface area contributed by atoms with Crippen molar-refractivity contribution in [2.24, 2.45) is 0 Å². The molecular weight excluding hydrogens is 258 g/mol. The minimum atomic E-state index is -0.250. The van der Waals surface area contributed by atoms with Crippen LogP contribution in [-0.2, 0) is 0 Å². The van der Waals surface area contributed by atoms with Crippen molar-refractivity contribution in [3.05, 3.63) is 47.5 Å². The van der Waals surface area contributed by atoms with Gasteiger partial charge < -0.3 is 0 Å². The average molecular weight is 276 g/mol. The second-order valence-corrected chi connectivity index (χ2v) is 5.09. The Morgan fingerprint density at radius 3 is 2.58 bits per heavy atom. The molecule has 0 aromatic heterocycles. The number of nitriles is 1. The molecule has 2 rings (SSSR count). The van der Waals surface area contributed by atoms with Gasteiger partial charge in [0.15, 0.2) is 0 Å². The number of rotatable bonds is 4. The summed E-state index contributed by atoms with van der Waals surface area (Å²) in [6, 6.07) is 9.73. The van der Waals surface area contributed by atoms with Gasteiger partial charge in [-0.2, -0.15) is 5.26 Å². The zero-order valence-corrected chi connectivity index (χ0v) is 11.7. The standard InChI is InChI=1S/C15H18ClN3/c1-2-7-18-8-10-19(11-9-18)15(12-17)13-5-3-4-6-14(13)16/h2-6,15H,1,7-11H2. The molecule has 0 spiro atoms. The molecule has 1 atom stereocenters. The molecule has 1 fully saturated rings. The molecule has 0 saturated carbocycles. The third kappa shape index (κ3) is 3.36. The Hall–Kier alpha value is -1.34. The number of nitrogens with zero attached hydrogens (tertiary/aromatic N) is 3. The molecule has 0 aliphatic carbocycles. The molecule has 1 aromatic rings. The molecule has 100 valence electrons. The van der Waals surface area contributed by atoms with E-state index in [1.165, 1.54) is 0 Å². The fourth-order valence-electron chi connectivity index (χ4n) is 2.43. The predicted octanol–water partition coefficient (Wildman–Crippen LogP) is 2.71. The molecule has 1 aliphatic heterocycles. The molecule has 4 heteroatoms. The highest BCUT2D eigenvalue weighted by molar-refractivity contribution is 6.31. The van der Waals surface area contributed by atoms with Gasteiger partial charge in [-0.05, 0) is 6.07 Å². The summed E-state index contributed by atoms with van der Waals surface area (Å²) in [6.07, 6.45) is 1.92. The van der Waals surface area contributed by atoms with Gasteiger partial charge in [0, 0.05) is 43.3 Å². The van der Waals surface area contributed by atoms with Crippen LogP contribution in [0.5, 0.6) is 0 Å². The largest absolute Gasteiger partial charge is 0.297 e. The molecule has 1 heterocycles. The van der Waals surface area contributed by atoms with E-state index in [1.807, 2.05) is 30.3 Å². The molecule has 1 aliphatic rings. The molecule has 3 nitrogen and oxygen atoms in total. The van der Waals surface area contributed by atoms with Crippen LogP contribution in [-0.4, -0.2) is 42.5 Å². The zero-order chi connectivity index (χ0) is 13.7. The Kier molecular flexibility index (Phi) is 4.98. The van der Waals surface area contributed by atoms with E-state index in [0.29, 0.717) is 5.02 Å². The summed E-state index contributed by atoms with van der Waals surface area (Å²) in [4.78, 5) is 4.53. The van der Waals surface area contributed by atoms with Crippen LogP contribution in [0.15, 0.2) is 36.9 Å². The summed E-state index contributed by atoms with van der Waals surface area (Å²) in [5.74, 6) is 0. The van der Waals surface area contributed by atoms with Crippen LogP contribution in [0.4, 0.5) is 0 Å². The first-order valence-electron chi connectivity index (χ1n) is 6.47. The highest BCUT2D eigenvalue weighted by Gasteiger charge is 2.25. The maximum Gasteiger partial charge on any atom is 0.125 e. The van der Waals surface area contributed by atoms with Gasteiger partial charge in [-0.25, -0.2) is 0 Å². The van der Waals surface area contributed by atoms with Crippen molar-refractivity contribution in [2.75, 3.05) is 32.7 Å². The maximum atomic E-state index is 9.45. The lowest BCUT2D eigenvalue weighted by molar-refractivity contribution is 0.123. The van der Waals surface area contributed by atoms with Crippen LogP contribution in [0.3, 0.4) is 0 Å². The van der Waals surface area contributed by atoms with E-state index in [-0.39, 0.29) is 6.04 Å². The average Bonchev–Trinajstić information content (AvgIpc) is 2.44. The maximum absolute atomic E-state index is 9.45. The number of hydrogen-bond donors (Lipinski definition) is 0. The summed E-state index contributed by atoms with van der Waals surface area (Å²) in [5.41, 5.74) is 0.906. The lowest BCUT2D eigenvalue weighted by Gasteiger charge is -2.36. The van der Waals surface area contributed by atoms with E-state index in [1.54, 1.807) is 0 Å². The molecular formula is C15H18ClN3. The van der Waals surface area contributed by atoms with E-state index in [4.69, 9.17) is 11.6 Å². The lowest BCUT2D eigenvalue weighted by atomic mass is 10.1. The second kappa shape index (κ2) is 6.72. The number of halogens is 1. The normalized spacial score (nSPS) is 18.7. The van der Waals surface area contributed by atoms with Gasteiger partial charge in [-0.15, -0.1) is 6.58 Å². The van der Waals surface area contributed by atoms with Crippen molar-refractivity contribution in [3.8, 4) is 6.07 Å². The Bertz CT molecular complexity index is 473. The third-order valence-corrected chi connectivity index (χ3v) is 3.83. The predicted molar refractivity (Wildman–Crippen MR) is 78.0 cm³/mol. The summed E-state index contributed by atoms with van der Waals surface area (Å²) >= 11 is 6.19. The fourth-order valence-corrected chi connectivity index (χ4v) is 2.67. The Balaban J connectivity index is 2.07. The van der Waals surface area contributed by atoms with Gasteiger partial charge in [0.25, 0.3) is 0 Å². The summed E-state index contributed by atoms with van der Waals surface area (Å²) < 4.78 is 0. The summed E-state index contributed by atoms with van der Waals surface area (Å²) in [7, 11) is 0. The second-order valence-electron chi connectivity index (χ2n) is 4.68. The van der Waals surface area contributed by atoms with Gasteiger partial charge in [0.1, 0.15) is 6.04 Å². The van der Waals surface area contributed by atoms with E-state index >= 15 is 0 Å². The minimum Gasteiger partial charge on any atom is -0.297 e. The van der Waals surface area contributed by atoms with Gasteiger partial charge in [-0.1, -0.05) is 35.9 Å². The van der Waals surface area contributed by atoms with E-state index in [0.717, 1.165) is 38.3 Å². The molecule has 19 heavy (non-hydrogen) atoms. The Labute approximate surface area is 119 Å². The molecule has 0 radical (unpaired) electrons. The number of benzene rings is 1. The first kappa shape index (κ1) is 14.1. The number of piperazine rings is 1. The summed E-state index contributed by atoms with van der Waals surface area (Å²) in [5, 5.41) is 10.1. The van der Waals surface area contributed by atoms with Crippen LogP contribution in [0, 0.1) is 11.3 Å². The summed E-state index contributed by atoms with van der Waals surface area (Å²) in [6.45, 7) is 8.38. The fraction of sp³-hybridized carbons (Fsp3) is 0.400. The minimum absolute atomic E-state index is 0.250. The van der Waals surface area contributed by atoms with E-state index in [2.05, 4.69) is 22.4 Å². The van der Waals surface area contributed by atoms with E-state index < -0.39 is 0 Å². The van der Waals surface area contributed by atoms with Gasteiger partial charge >= 0.3 is 0 Å². The first-order chi connectivity index (χ1) is 9.26. The van der Waals surface area contributed by atoms with Gasteiger partial charge in [0.2, 0.25) is 0 Å². The molecule has 1 aromatic carbocycles. The van der Waals surface area contributed by atoms with Crippen molar-refractivity contribution in [2.45, 2.75) is 6.04 Å². The number of hydrogen-bond acceptors (Lipinski definition) is 3. The lowest BCUT2D eigenvalue weighted by Crippen LogP contribution is -2.47. The van der Waals surface area contributed by atoms with Crippen molar-refractivity contribution in [3.63, 3.8) is 0 Å². The first-order valence-corrected chi connectivity index (χ1v) is 6.85. The molecule has 0 N–H and O–H groups in total. The smallest absolute Gasteiger partial charge is 0.125 e. The highest BCUT2D eigenvalue weighted by atomic mass is 35.5. The molecule has 0 bridgehead atoms. The zero-order valence-electron chi connectivity index (χ0n) is 10.9. The van der Waals surface area contributed by atoms with E-state index in [9.17, 15) is 5.26 Å². The van der Waals surface area contributed by atoms with Crippen molar-refractivity contribution in [1.29, 1.82) is 5.26 Å². The van der Waals surface area contributed by atoms with Crippen LogP contribution in [0.1, 0.15) is 11.6 Å². The van der Waals surface area contributed by atoms with Crippen LogP contribution < -0.4 is 0 Å². The quantitative estimate of drug-likeness (QED) is 0.792. The monoisotopic (exact) mass is 275 g/mol. The van der Waals surface area contributed by atoms with Gasteiger partial charge in [0.05, 0.1) is 6.07 Å². The van der Waals surface area contributed by atoms with Gasteiger partial charge in [-0.3, -0.25) is 9.80 Å². The van der Waals surface area contributed by atoms with Crippen molar-refractivity contribution >= 4 is 11.6 Å². The SMILES string of the molecule is C=CCN1CCN(C(C#N)c2ccccc2Cl)CC1. The molecule has 0 amide bonds. The van der Waals surface area contributed by atoms with Crippen molar-refractivity contribution in [1.82, 2.24) is 9.80 Å². The Morgan fingerprint density at radius 2 is 2.00 bits per heavy atom. The topological polar surface area (TPSA) is 30.3 Å². The molecule has 1 unspecified atom stereocenters. The molecule has 1 saturated heterocycles. The van der Waals surface area contributed by atoms with Crippen LogP contribution in [0.2, 0.25) is 5.02 Å². The van der Waals surface area contributed by atoms with Crippen LogP contribution in [0.25, 0.3) is 0 Å². The third-order valence-electron chi connectivity index (χ3n) is 3.48. The van der Waals surface area contributed by atoms with Crippen LogP contribution >= 0.6 is 11.6 Å². The highest BCUT2D eigenvalue weighted by Crippen LogP contribution is 2.27.